The molecule has 1 aromatic rings. The average Bonchev–Trinajstić information content (AvgIpc) is 2.38. The Kier molecular flexibility index (Phi) is 5.42. The van der Waals surface area contributed by atoms with Crippen molar-refractivity contribution in [3.63, 3.8) is 0 Å². The number of nitrogens with one attached hydrogen (secondary N) is 1. The monoisotopic (exact) mass is 236 g/mol. The van der Waals surface area contributed by atoms with Gasteiger partial charge in [-0.05, 0) is 18.1 Å². The second kappa shape index (κ2) is 6.85. The standard InChI is InChI=1S/C12H20N4O/c1-3-10-5-4-6-15-11(10)8-14-7-9(2)12(13)16-17/h4-6,9,14,17H,3,7-8H2,1-2H3,(H2,13,16). The lowest BCUT2D eigenvalue weighted by molar-refractivity contribution is 0.314. The van der Waals surface area contributed by atoms with Crippen molar-refractivity contribution in [3.8, 4) is 0 Å². The van der Waals surface area contributed by atoms with Gasteiger partial charge in [-0.25, -0.2) is 0 Å². The van der Waals surface area contributed by atoms with Crippen LogP contribution in [0.15, 0.2) is 23.5 Å². The second-order valence-corrected chi connectivity index (χ2v) is 4.02. The maximum atomic E-state index is 8.53. The summed E-state index contributed by atoms with van der Waals surface area (Å²) in [7, 11) is 0. The zero-order valence-corrected chi connectivity index (χ0v) is 10.3. The van der Waals surface area contributed by atoms with Crippen LogP contribution in [-0.2, 0) is 13.0 Å². The summed E-state index contributed by atoms with van der Waals surface area (Å²) < 4.78 is 0. The molecule has 0 aliphatic rings. The number of amidine groups is 1. The quantitative estimate of drug-likeness (QED) is 0.299. The van der Waals surface area contributed by atoms with Crippen LogP contribution in [-0.4, -0.2) is 22.6 Å². The van der Waals surface area contributed by atoms with E-state index < -0.39 is 0 Å². The van der Waals surface area contributed by atoms with E-state index >= 15 is 0 Å². The Labute approximate surface area is 102 Å². The molecule has 1 aromatic heterocycles. The minimum absolute atomic E-state index is 0.00814. The third-order valence-corrected chi connectivity index (χ3v) is 2.73. The molecule has 4 N–H and O–H groups in total. The first-order valence-corrected chi connectivity index (χ1v) is 5.80. The SMILES string of the molecule is CCc1cccnc1CNCC(C)/C(N)=N/O. The van der Waals surface area contributed by atoms with E-state index in [-0.39, 0.29) is 11.8 Å². The Morgan fingerprint density at radius 1 is 1.65 bits per heavy atom. The highest BCUT2D eigenvalue weighted by atomic mass is 16.4. The molecule has 1 heterocycles. The number of nitrogens with two attached hydrogens (primary N) is 1. The van der Waals surface area contributed by atoms with Crippen LogP contribution in [0.4, 0.5) is 0 Å². The van der Waals surface area contributed by atoms with Crippen LogP contribution in [0, 0.1) is 5.92 Å². The number of oxime groups is 1. The molecule has 1 atom stereocenters. The first kappa shape index (κ1) is 13.4. The molecule has 0 amide bonds. The number of hydrogen-bond acceptors (Lipinski definition) is 4. The van der Waals surface area contributed by atoms with E-state index in [0.717, 1.165) is 12.1 Å². The van der Waals surface area contributed by atoms with E-state index in [2.05, 4.69) is 28.4 Å². The fourth-order valence-corrected chi connectivity index (χ4v) is 1.56. The molecule has 5 heteroatoms. The van der Waals surface area contributed by atoms with Crippen LogP contribution >= 0.6 is 0 Å². The lowest BCUT2D eigenvalue weighted by Gasteiger charge is -2.12. The van der Waals surface area contributed by atoms with E-state index in [1.165, 1.54) is 5.56 Å². The summed E-state index contributed by atoms with van der Waals surface area (Å²) in [6.45, 7) is 5.38. The third kappa shape index (κ3) is 4.03. The van der Waals surface area contributed by atoms with E-state index in [0.29, 0.717) is 13.1 Å². The van der Waals surface area contributed by atoms with Crippen molar-refractivity contribution in [1.82, 2.24) is 10.3 Å². The molecular weight excluding hydrogens is 216 g/mol. The van der Waals surface area contributed by atoms with Gasteiger partial charge >= 0.3 is 0 Å². The van der Waals surface area contributed by atoms with Crippen molar-refractivity contribution >= 4 is 5.84 Å². The molecule has 94 valence electrons. The van der Waals surface area contributed by atoms with Crippen LogP contribution in [0.2, 0.25) is 0 Å². The van der Waals surface area contributed by atoms with Crippen molar-refractivity contribution in [2.45, 2.75) is 26.8 Å². The van der Waals surface area contributed by atoms with Crippen molar-refractivity contribution in [2.75, 3.05) is 6.54 Å². The van der Waals surface area contributed by atoms with Gasteiger partial charge in [0, 0.05) is 25.2 Å². The average molecular weight is 236 g/mol. The third-order valence-electron chi connectivity index (χ3n) is 2.73. The normalized spacial score (nSPS) is 13.6. The number of aromatic nitrogens is 1. The Hall–Kier alpha value is -1.62. The summed E-state index contributed by atoms with van der Waals surface area (Å²) in [5.41, 5.74) is 7.80. The number of pyridine rings is 1. The molecule has 0 fully saturated rings. The van der Waals surface area contributed by atoms with Crippen molar-refractivity contribution in [1.29, 1.82) is 0 Å². The molecule has 0 radical (unpaired) electrons. The maximum Gasteiger partial charge on any atom is 0.143 e. The molecule has 0 bridgehead atoms. The van der Waals surface area contributed by atoms with Gasteiger partial charge in [-0.3, -0.25) is 4.98 Å². The smallest absolute Gasteiger partial charge is 0.143 e. The topological polar surface area (TPSA) is 83.5 Å². The molecule has 5 nitrogen and oxygen atoms in total. The van der Waals surface area contributed by atoms with Crippen LogP contribution in [0.25, 0.3) is 0 Å². The zero-order valence-electron chi connectivity index (χ0n) is 10.3. The minimum Gasteiger partial charge on any atom is -0.409 e. The first-order valence-electron chi connectivity index (χ1n) is 5.80. The molecule has 0 aromatic carbocycles. The Bertz CT molecular complexity index is 379. The Morgan fingerprint density at radius 2 is 2.41 bits per heavy atom. The van der Waals surface area contributed by atoms with Crippen LogP contribution in [0.5, 0.6) is 0 Å². The van der Waals surface area contributed by atoms with Crippen molar-refractivity contribution < 1.29 is 5.21 Å². The van der Waals surface area contributed by atoms with Crippen LogP contribution in [0.3, 0.4) is 0 Å². The van der Waals surface area contributed by atoms with Gasteiger partial charge in [0.15, 0.2) is 0 Å². The Morgan fingerprint density at radius 3 is 3.06 bits per heavy atom. The zero-order chi connectivity index (χ0) is 12.7. The van der Waals surface area contributed by atoms with Gasteiger partial charge in [0.05, 0.1) is 5.69 Å². The molecule has 1 rings (SSSR count). The number of rotatable bonds is 6. The summed E-state index contributed by atoms with van der Waals surface area (Å²) in [4.78, 5) is 4.34. The fraction of sp³-hybridized carbons (Fsp3) is 0.500. The highest BCUT2D eigenvalue weighted by Gasteiger charge is 2.07. The van der Waals surface area contributed by atoms with Crippen LogP contribution in [0.1, 0.15) is 25.1 Å². The molecule has 0 aliphatic heterocycles. The summed E-state index contributed by atoms with van der Waals surface area (Å²) in [5.74, 6) is 0.253. The summed E-state index contributed by atoms with van der Waals surface area (Å²) in [5, 5.41) is 14.8. The van der Waals surface area contributed by atoms with Crippen LogP contribution < -0.4 is 11.1 Å². The van der Waals surface area contributed by atoms with E-state index in [9.17, 15) is 0 Å². The Balaban J connectivity index is 2.46. The molecule has 0 aliphatic carbocycles. The lowest BCUT2D eigenvalue weighted by Crippen LogP contribution is -2.31. The second-order valence-electron chi connectivity index (χ2n) is 4.02. The summed E-state index contributed by atoms with van der Waals surface area (Å²) >= 11 is 0. The molecule has 17 heavy (non-hydrogen) atoms. The lowest BCUT2D eigenvalue weighted by atomic mass is 10.1. The van der Waals surface area contributed by atoms with Gasteiger partial charge in [-0.2, -0.15) is 0 Å². The fourth-order valence-electron chi connectivity index (χ4n) is 1.56. The van der Waals surface area contributed by atoms with E-state index in [1.54, 1.807) is 6.20 Å². The van der Waals surface area contributed by atoms with Crippen molar-refractivity contribution in [3.05, 3.63) is 29.6 Å². The largest absolute Gasteiger partial charge is 0.409 e. The number of aryl methyl sites for hydroxylation is 1. The highest BCUT2D eigenvalue weighted by molar-refractivity contribution is 5.82. The molecule has 0 saturated heterocycles. The predicted molar refractivity (Wildman–Crippen MR) is 67.9 cm³/mol. The van der Waals surface area contributed by atoms with Gasteiger partial charge in [-0.1, -0.05) is 25.1 Å². The van der Waals surface area contributed by atoms with Gasteiger partial charge < -0.3 is 16.3 Å². The first-order chi connectivity index (χ1) is 8.19. The van der Waals surface area contributed by atoms with E-state index in [4.69, 9.17) is 10.9 Å². The van der Waals surface area contributed by atoms with Gasteiger partial charge in [0.2, 0.25) is 0 Å². The minimum atomic E-state index is 0.00814. The number of nitrogens with zero attached hydrogens (tertiary/aromatic N) is 2. The number of hydrogen-bond donors (Lipinski definition) is 3. The highest BCUT2D eigenvalue weighted by Crippen LogP contribution is 2.05. The van der Waals surface area contributed by atoms with Gasteiger partial charge in [-0.15, -0.1) is 0 Å². The van der Waals surface area contributed by atoms with Crippen molar-refractivity contribution in [2.24, 2.45) is 16.8 Å². The molecule has 0 spiro atoms. The van der Waals surface area contributed by atoms with E-state index in [1.807, 2.05) is 13.0 Å². The summed E-state index contributed by atoms with van der Waals surface area (Å²) in [6.07, 6.45) is 2.77. The maximum absolute atomic E-state index is 8.53. The summed E-state index contributed by atoms with van der Waals surface area (Å²) in [6, 6.07) is 4.03. The molecule has 1 unspecified atom stereocenters. The van der Waals surface area contributed by atoms with Gasteiger partial charge in [0.1, 0.15) is 5.84 Å². The van der Waals surface area contributed by atoms with Gasteiger partial charge in [0.25, 0.3) is 0 Å². The predicted octanol–water partition coefficient (Wildman–Crippen LogP) is 1.12. The molecular formula is C12H20N4O. The molecule has 0 saturated carbocycles.